The molecule has 1 aromatic carbocycles. The Kier molecular flexibility index (Phi) is 3.51. The molecule has 0 saturated heterocycles. The Morgan fingerprint density at radius 2 is 1.88 bits per heavy atom. The van der Waals surface area contributed by atoms with Gasteiger partial charge in [0.2, 0.25) is 0 Å². The molecule has 1 heterocycles. The number of hydrogen-bond donors (Lipinski definition) is 0. The van der Waals surface area contributed by atoms with Crippen molar-refractivity contribution in [2.75, 3.05) is 0 Å². The first-order chi connectivity index (χ1) is 7.49. The Morgan fingerprint density at radius 3 is 2.50 bits per heavy atom. The zero-order valence-corrected chi connectivity index (χ0v) is 11.3. The minimum Gasteiger partial charge on any atom is -0.246 e. The maximum absolute atomic E-state index is 12.5. The molecule has 0 bridgehead atoms. The summed E-state index contributed by atoms with van der Waals surface area (Å²) in [5.74, 6) is 0. The summed E-state index contributed by atoms with van der Waals surface area (Å²) in [5, 5.41) is 1.33. The molecule has 0 saturated carbocycles. The van der Waals surface area contributed by atoms with Crippen molar-refractivity contribution in [3.63, 3.8) is 0 Å². The van der Waals surface area contributed by atoms with E-state index in [1.807, 2.05) is 22.6 Å². The van der Waals surface area contributed by atoms with Crippen LogP contribution in [0, 0.1) is 3.57 Å². The SMILES string of the molecule is FC(F)c1cc(Cl)c2cc(Cl)cc(I)c2n1. The Hall–Kier alpha value is -0.200. The Bertz CT molecular complexity index is 560. The molecular formula is C10H4Cl2F2IN. The van der Waals surface area contributed by atoms with E-state index < -0.39 is 6.43 Å². The van der Waals surface area contributed by atoms with Gasteiger partial charge in [0.05, 0.1) is 10.5 Å². The largest absolute Gasteiger partial charge is 0.280 e. The maximum atomic E-state index is 12.5. The van der Waals surface area contributed by atoms with E-state index in [1.54, 1.807) is 12.1 Å². The average molecular weight is 374 g/mol. The minimum atomic E-state index is -2.63. The normalized spacial score (nSPS) is 11.4. The third kappa shape index (κ3) is 2.24. The first kappa shape index (κ1) is 12.3. The van der Waals surface area contributed by atoms with Crippen LogP contribution >= 0.6 is 45.8 Å². The number of pyridine rings is 1. The molecule has 0 fully saturated rings. The van der Waals surface area contributed by atoms with E-state index in [2.05, 4.69) is 4.98 Å². The van der Waals surface area contributed by atoms with Crippen LogP contribution < -0.4 is 0 Å². The number of aromatic nitrogens is 1. The van der Waals surface area contributed by atoms with Gasteiger partial charge in [-0.05, 0) is 40.8 Å². The molecule has 0 radical (unpaired) electrons. The third-order valence-electron chi connectivity index (χ3n) is 2.02. The van der Waals surface area contributed by atoms with E-state index in [9.17, 15) is 8.78 Å². The maximum Gasteiger partial charge on any atom is 0.280 e. The smallest absolute Gasteiger partial charge is 0.246 e. The fourth-order valence-corrected chi connectivity index (χ4v) is 2.75. The van der Waals surface area contributed by atoms with Crippen molar-refractivity contribution in [2.24, 2.45) is 0 Å². The van der Waals surface area contributed by atoms with Crippen LogP contribution in [0.25, 0.3) is 10.9 Å². The van der Waals surface area contributed by atoms with E-state index in [1.165, 1.54) is 6.07 Å². The lowest BCUT2D eigenvalue weighted by molar-refractivity contribution is 0.146. The van der Waals surface area contributed by atoms with E-state index in [0.717, 1.165) is 0 Å². The molecule has 2 rings (SSSR count). The van der Waals surface area contributed by atoms with Crippen LogP contribution in [0.4, 0.5) is 8.78 Å². The summed E-state index contributed by atoms with van der Waals surface area (Å²) in [6, 6.07) is 4.44. The second kappa shape index (κ2) is 4.58. The molecule has 0 N–H and O–H groups in total. The predicted octanol–water partition coefficient (Wildman–Crippen LogP) is 5.08. The summed E-state index contributed by atoms with van der Waals surface area (Å²) in [4.78, 5) is 3.88. The van der Waals surface area contributed by atoms with Gasteiger partial charge < -0.3 is 0 Å². The van der Waals surface area contributed by atoms with E-state index in [4.69, 9.17) is 23.2 Å². The molecule has 0 atom stereocenters. The number of hydrogen-bond acceptors (Lipinski definition) is 1. The first-order valence-corrected chi connectivity index (χ1v) is 6.06. The van der Waals surface area contributed by atoms with E-state index in [-0.39, 0.29) is 10.7 Å². The molecule has 16 heavy (non-hydrogen) atoms. The molecule has 0 spiro atoms. The van der Waals surface area contributed by atoms with Crippen LogP contribution in [0.5, 0.6) is 0 Å². The van der Waals surface area contributed by atoms with Gasteiger partial charge in [0.15, 0.2) is 0 Å². The lowest BCUT2D eigenvalue weighted by Gasteiger charge is -2.06. The predicted molar refractivity (Wildman–Crippen MR) is 69.4 cm³/mol. The molecule has 1 nitrogen and oxygen atoms in total. The second-order valence-electron chi connectivity index (χ2n) is 3.11. The van der Waals surface area contributed by atoms with Crippen molar-refractivity contribution in [1.29, 1.82) is 0 Å². The third-order valence-corrected chi connectivity index (χ3v) is 3.38. The standard InChI is InChI=1S/C10H4Cl2F2IN/c11-4-1-5-6(12)3-8(10(13)14)16-9(5)7(15)2-4/h1-3,10H. The van der Waals surface area contributed by atoms with Crippen molar-refractivity contribution in [1.82, 2.24) is 4.98 Å². The average Bonchev–Trinajstić information content (AvgIpc) is 2.19. The van der Waals surface area contributed by atoms with Crippen molar-refractivity contribution in [3.05, 3.63) is 37.5 Å². The van der Waals surface area contributed by atoms with Gasteiger partial charge in [-0.25, -0.2) is 13.8 Å². The van der Waals surface area contributed by atoms with Gasteiger partial charge in [-0.3, -0.25) is 0 Å². The highest BCUT2D eigenvalue weighted by atomic mass is 127. The van der Waals surface area contributed by atoms with E-state index >= 15 is 0 Å². The summed E-state index contributed by atoms with van der Waals surface area (Å²) < 4.78 is 25.8. The minimum absolute atomic E-state index is 0.237. The zero-order valence-electron chi connectivity index (χ0n) is 7.65. The highest BCUT2D eigenvalue weighted by Crippen LogP contribution is 2.32. The second-order valence-corrected chi connectivity index (χ2v) is 5.12. The van der Waals surface area contributed by atoms with Crippen LogP contribution in [0.2, 0.25) is 10.0 Å². The number of alkyl halides is 2. The van der Waals surface area contributed by atoms with Crippen LogP contribution in [0.1, 0.15) is 12.1 Å². The summed E-state index contributed by atoms with van der Waals surface area (Å²) in [6.45, 7) is 0. The molecule has 1 aromatic heterocycles. The molecule has 0 aliphatic rings. The summed E-state index contributed by atoms with van der Waals surface area (Å²) in [6.07, 6.45) is -2.63. The van der Waals surface area contributed by atoms with Gasteiger partial charge in [0.1, 0.15) is 5.69 Å². The van der Waals surface area contributed by atoms with Gasteiger partial charge in [-0.2, -0.15) is 0 Å². The zero-order chi connectivity index (χ0) is 11.9. The summed E-state index contributed by atoms with van der Waals surface area (Å²) in [5.41, 5.74) is 0.130. The number of nitrogens with zero attached hydrogens (tertiary/aromatic N) is 1. The Balaban J connectivity index is 2.82. The highest BCUT2D eigenvalue weighted by molar-refractivity contribution is 14.1. The fraction of sp³-hybridized carbons (Fsp3) is 0.100. The van der Waals surface area contributed by atoms with Gasteiger partial charge in [0.25, 0.3) is 6.43 Å². The van der Waals surface area contributed by atoms with Crippen LogP contribution in [0.3, 0.4) is 0 Å². The first-order valence-electron chi connectivity index (χ1n) is 4.22. The molecule has 84 valence electrons. The number of fused-ring (bicyclic) bond motifs is 1. The Labute approximate surface area is 114 Å². The van der Waals surface area contributed by atoms with Gasteiger partial charge in [-0.15, -0.1) is 0 Å². The van der Waals surface area contributed by atoms with Gasteiger partial charge in [0, 0.05) is 14.0 Å². The monoisotopic (exact) mass is 373 g/mol. The molecule has 2 aromatic rings. The van der Waals surface area contributed by atoms with Crippen LogP contribution in [-0.2, 0) is 0 Å². The van der Waals surface area contributed by atoms with Crippen molar-refractivity contribution < 1.29 is 8.78 Å². The van der Waals surface area contributed by atoms with E-state index in [0.29, 0.717) is 19.5 Å². The lowest BCUT2D eigenvalue weighted by Crippen LogP contribution is -1.93. The summed E-state index contributed by atoms with van der Waals surface area (Å²) in [7, 11) is 0. The number of benzene rings is 1. The quantitative estimate of drug-likeness (QED) is 0.635. The molecule has 6 heteroatoms. The fourth-order valence-electron chi connectivity index (χ4n) is 1.34. The van der Waals surface area contributed by atoms with Crippen molar-refractivity contribution in [2.45, 2.75) is 6.43 Å². The molecule has 0 aliphatic carbocycles. The van der Waals surface area contributed by atoms with Crippen molar-refractivity contribution >= 4 is 56.7 Å². The van der Waals surface area contributed by atoms with Crippen molar-refractivity contribution in [3.8, 4) is 0 Å². The number of halogens is 5. The van der Waals surface area contributed by atoms with Crippen LogP contribution in [-0.4, -0.2) is 4.98 Å². The molecule has 0 unspecified atom stereocenters. The number of rotatable bonds is 1. The molecule has 0 aliphatic heterocycles. The van der Waals surface area contributed by atoms with Crippen LogP contribution in [0.15, 0.2) is 18.2 Å². The lowest BCUT2D eigenvalue weighted by atomic mass is 10.2. The molecule has 0 amide bonds. The summed E-state index contributed by atoms with van der Waals surface area (Å²) >= 11 is 13.8. The topological polar surface area (TPSA) is 12.9 Å². The molecular weight excluding hydrogens is 370 g/mol. The van der Waals surface area contributed by atoms with Gasteiger partial charge in [-0.1, -0.05) is 23.2 Å². The van der Waals surface area contributed by atoms with Gasteiger partial charge >= 0.3 is 0 Å². The highest BCUT2D eigenvalue weighted by Gasteiger charge is 2.14. The Morgan fingerprint density at radius 1 is 1.19 bits per heavy atom.